The SMILES string of the molecule is CC[C@H](C)n1cnnc1-c1cccc(N2Cc3c(CNC)cc(N4CCCC4)cc3C2=O)n1. The Kier molecular flexibility index (Phi) is 5.85. The van der Waals surface area contributed by atoms with E-state index < -0.39 is 0 Å². The van der Waals surface area contributed by atoms with E-state index in [1.807, 2.05) is 29.8 Å². The quantitative estimate of drug-likeness (QED) is 0.596. The van der Waals surface area contributed by atoms with Crippen molar-refractivity contribution in [1.82, 2.24) is 25.1 Å². The number of pyridine rings is 1. The number of nitrogens with one attached hydrogen (secondary N) is 1. The third-order valence-electron chi connectivity index (χ3n) is 6.84. The highest BCUT2D eigenvalue weighted by Gasteiger charge is 2.33. The Labute approximate surface area is 194 Å². The number of aromatic nitrogens is 4. The highest BCUT2D eigenvalue weighted by molar-refractivity contribution is 6.10. The summed E-state index contributed by atoms with van der Waals surface area (Å²) in [4.78, 5) is 22.6. The molecule has 2 aliphatic rings. The highest BCUT2D eigenvalue weighted by atomic mass is 16.2. The maximum Gasteiger partial charge on any atom is 0.260 e. The molecule has 8 nitrogen and oxygen atoms in total. The van der Waals surface area contributed by atoms with E-state index in [4.69, 9.17) is 4.98 Å². The van der Waals surface area contributed by atoms with E-state index in [1.165, 1.54) is 18.4 Å². The standard InChI is InChI=1S/C25H31N7O/c1-4-17(2)32-16-27-29-24(32)22-8-7-9-23(28-22)31-15-21-18(14-26-3)12-19(13-20(21)25(31)33)30-10-5-6-11-30/h7-9,12-13,16-17,26H,4-6,10-11,14-15H2,1-3H3/t17-/m0/s1. The molecule has 0 bridgehead atoms. The van der Waals surface area contributed by atoms with Crippen molar-refractivity contribution in [2.75, 3.05) is 29.9 Å². The van der Waals surface area contributed by atoms with Gasteiger partial charge in [0, 0.05) is 36.9 Å². The van der Waals surface area contributed by atoms with Crippen LogP contribution < -0.4 is 15.1 Å². The third-order valence-corrected chi connectivity index (χ3v) is 6.84. The van der Waals surface area contributed by atoms with Crippen molar-refractivity contribution in [2.45, 2.75) is 52.2 Å². The molecular weight excluding hydrogens is 414 g/mol. The third kappa shape index (κ3) is 3.88. The zero-order valence-electron chi connectivity index (χ0n) is 19.6. The summed E-state index contributed by atoms with van der Waals surface area (Å²) < 4.78 is 2.04. The van der Waals surface area contributed by atoms with Crippen molar-refractivity contribution in [3.8, 4) is 11.5 Å². The van der Waals surface area contributed by atoms with Crippen LogP contribution in [0.1, 0.15) is 60.6 Å². The summed E-state index contributed by atoms with van der Waals surface area (Å²) in [7, 11) is 1.95. The van der Waals surface area contributed by atoms with Gasteiger partial charge in [0.2, 0.25) is 0 Å². The molecule has 2 aromatic heterocycles. The minimum absolute atomic E-state index is 0.0106. The van der Waals surface area contributed by atoms with Crippen molar-refractivity contribution in [3.05, 3.63) is 53.3 Å². The minimum atomic E-state index is 0.0106. The van der Waals surface area contributed by atoms with Crippen molar-refractivity contribution in [1.29, 1.82) is 0 Å². The molecule has 8 heteroatoms. The van der Waals surface area contributed by atoms with Gasteiger partial charge < -0.3 is 14.8 Å². The van der Waals surface area contributed by atoms with Crippen LogP contribution in [0, 0.1) is 0 Å². The predicted molar refractivity (Wildman–Crippen MR) is 129 cm³/mol. The Balaban J connectivity index is 1.50. The number of nitrogens with zero attached hydrogens (tertiary/aromatic N) is 6. The second-order valence-corrected chi connectivity index (χ2v) is 8.95. The summed E-state index contributed by atoms with van der Waals surface area (Å²) in [5.74, 6) is 1.38. The molecule has 1 aromatic carbocycles. The predicted octanol–water partition coefficient (Wildman–Crippen LogP) is 3.79. The van der Waals surface area contributed by atoms with Crippen molar-refractivity contribution in [3.63, 3.8) is 0 Å². The molecule has 0 unspecified atom stereocenters. The van der Waals surface area contributed by atoms with E-state index in [2.05, 4.69) is 46.4 Å². The van der Waals surface area contributed by atoms with Gasteiger partial charge in [-0.05, 0) is 68.6 Å². The lowest BCUT2D eigenvalue weighted by Crippen LogP contribution is -2.24. The van der Waals surface area contributed by atoms with Gasteiger partial charge in [-0.15, -0.1) is 10.2 Å². The van der Waals surface area contributed by atoms with E-state index >= 15 is 0 Å². The van der Waals surface area contributed by atoms with E-state index in [0.717, 1.165) is 54.4 Å². The summed E-state index contributed by atoms with van der Waals surface area (Å²) >= 11 is 0. The first-order valence-electron chi connectivity index (χ1n) is 11.8. The molecule has 2 aliphatic heterocycles. The molecule has 1 saturated heterocycles. The number of fused-ring (bicyclic) bond motifs is 1. The second-order valence-electron chi connectivity index (χ2n) is 8.95. The Morgan fingerprint density at radius 3 is 2.76 bits per heavy atom. The summed E-state index contributed by atoms with van der Waals surface area (Å²) in [6, 6.07) is 10.4. The lowest BCUT2D eigenvalue weighted by Gasteiger charge is -2.20. The molecule has 5 rings (SSSR count). The first kappa shape index (κ1) is 21.6. The molecule has 4 heterocycles. The topological polar surface area (TPSA) is 79.2 Å². The van der Waals surface area contributed by atoms with Gasteiger partial charge in [0.15, 0.2) is 5.82 Å². The number of carbonyl (C=O) groups is 1. The Hall–Kier alpha value is -3.26. The highest BCUT2D eigenvalue weighted by Crippen LogP contribution is 2.35. The lowest BCUT2D eigenvalue weighted by atomic mass is 10.0. The van der Waals surface area contributed by atoms with Gasteiger partial charge in [-0.25, -0.2) is 4.98 Å². The van der Waals surface area contributed by atoms with E-state index in [0.29, 0.717) is 12.4 Å². The summed E-state index contributed by atoms with van der Waals surface area (Å²) in [5, 5.41) is 11.7. The van der Waals surface area contributed by atoms with E-state index in [1.54, 1.807) is 11.2 Å². The molecule has 0 radical (unpaired) electrons. The van der Waals surface area contributed by atoms with Gasteiger partial charge in [-0.2, -0.15) is 0 Å². The maximum atomic E-state index is 13.6. The van der Waals surface area contributed by atoms with Gasteiger partial charge in [0.25, 0.3) is 5.91 Å². The van der Waals surface area contributed by atoms with Crippen molar-refractivity contribution in [2.24, 2.45) is 0 Å². The van der Waals surface area contributed by atoms with Crippen LogP contribution in [0.4, 0.5) is 11.5 Å². The fourth-order valence-electron chi connectivity index (χ4n) is 4.80. The number of rotatable bonds is 7. The van der Waals surface area contributed by atoms with Crippen LogP contribution in [0.25, 0.3) is 11.5 Å². The number of carbonyl (C=O) groups excluding carboxylic acids is 1. The molecule has 0 spiro atoms. The number of benzene rings is 1. The second kappa shape index (κ2) is 8.94. The van der Waals surface area contributed by atoms with Crippen LogP contribution in [0.3, 0.4) is 0 Å². The van der Waals surface area contributed by atoms with Crippen LogP contribution in [-0.2, 0) is 13.1 Å². The summed E-state index contributed by atoms with van der Waals surface area (Å²) in [6.45, 7) is 7.64. The van der Waals surface area contributed by atoms with E-state index in [-0.39, 0.29) is 11.9 Å². The van der Waals surface area contributed by atoms with Gasteiger partial charge in [0.1, 0.15) is 17.8 Å². The number of hydrogen-bond donors (Lipinski definition) is 1. The maximum absolute atomic E-state index is 13.6. The zero-order chi connectivity index (χ0) is 22.9. The molecule has 1 fully saturated rings. The van der Waals surface area contributed by atoms with Crippen LogP contribution >= 0.6 is 0 Å². The minimum Gasteiger partial charge on any atom is -0.372 e. The average Bonchev–Trinajstić information content (AvgIpc) is 3.60. The lowest BCUT2D eigenvalue weighted by molar-refractivity contribution is 0.0996. The molecule has 33 heavy (non-hydrogen) atoms. The van der Waals surface area contributed by atoms with Crippen LogP contribution in [0.15, 0.2) is 36.7 Å². The molecule has 1 amide bonds. The average molecular weight is 446 g/mol. The van der Waals surface area contributed by atoms with Gasteiger partial charge in [0.05, 0.1) is 6.54 Å². The summed E-state index contributed by atoms with van der Waals surface area (Å²) in [5.41, 5.74) is 4.93. The number of hydrogen-bond acceptors (Lipinski definition) is 6. The van der Waals surface area contributed by atoms with Gasteiger partial charge in [-0.1, -0.05) is 13.0 Å². The first-order valence-corrected chi connectivity index (χ1v) is 11.8. The Morgan fingerprint density at radius 2 is 2.00 bits per heavy atom. The monoisotopic (exact) mass is 445 g/mol. The molecule has 1 atom stereocenters. The van der Waals surface area contributed by atoms with Crippen LogP contribution in [0.2, 0.25) is 0 Å². The smallest absolute Gasteiger partial charge is 0.260 e. The molecule has 0 saturated carbocycles. The van der Waals surface area contributed by atoms with Gasteiger partial charge >= 0.3 is 0 Å². The molecule has 172 valence electrons. The largest absolute Gasteiger partial charge is 0.372 e. The van der Waals surface area contributed by atoms with Gasteiger partial charge in [-0.3, -0.25) is 9.69 Å². The number of anilines is 2. The molecule has 3 aromatic rings. The van der Waals surface area contributed by atoms with Crippen LogP contribution in [-0.4, -0.2) is 45.8 Å². The van der Waals surface area contributed by atoms with Crippen molar-refractivity contribution >= 4 is 17.4 Å². The Morgan fingerprint density at radius 1 is 1.18 bits per heavy atom. The van der Waals surface area contributed by atoms with Crippen molar-refractivity contribution < 1.29 is 4.79 Å². The fourth-order valence-corrected chi connectivity index (χ4v) is 4.80. The molecule has 0 aliphatic carbocycles. The molecular formula is C25H31N7O. The van der Waals surface area contributed by atoms with E-state index in [9.17, 15) is 4.79 Å². The zero-order valence-corrected chi connectivity index (χ0v) is 19.6. The normalized spacial score (nSPS) is 16.5. The Bertz CT molecular complexity index is 1170. The first-order chi connectivity index (χ1) is 16.1. The fraction of sp³-hybridized carbons (Fsp3) is 0.440. The molecule has 1 N–H and O–H groups in total. The number of amides is 1. The summed E-state index contributed by atoms with van der Waals surface area (Å²) in [6.07, 6.45) is 5.13. The van der Waals surface area contributed by atoms with Crippen LogP contribution in [0.5, 0.6) is 0 Å².